The molecule has 1 unspecified atom stereocenters. The fraction of sp³-hybridized carbons (Fsp3) is 0.429. The molecular formula is C14H16N2O2. The average molecular weight is 244 g/mol. The molecule has 1 aromatic rings. The first kappa shape index (κ1) is 12.4. The predicted molar refractivity (Wildman–Crippen MR) is 68.2 cm³/mol. The second kappa shape index (κ2) is 5.09. The molecule has 0 radical (unpaired) electrons. The topological polar surface area (TPSA) is 62.1 Å². The molecule has 0 heterocycles. The van der Waals surface area contributed by atoms with E-state index in [1.165, 1.54) is 7.11 Å². The van der Waals surface area contributed by atoms with Gasteiger partial charge >= 0.3 is 0 Å². The number of benzene rings is 1. The number of hydrogen-bond acceptors (Lipinski definition) is 3. The van der Waals surface area contributed by atoms with Crippen molar-refractivity contribution in [3.05, 3.63) is 23.8 Å². The minimum Gasteiger partial charge on any atom is -0.495 e. The van der Waals surface area contributed by atoms with Crippen molar-refractivity contribution in [3.63, 3.8) is 0 Å². The monoisotopic (exact) mass is 244 g/mol. The summed E-state index contributed by atoms with van der Waals surface area (Å²) in [5.74, 6) is 1.09. The number of rotatable bonds is 4. The zero-order valence-electron chi connectivity index (χ0n) is 10.6. The molecule has 0 aromatic heterocycles. The number of amides is 1. The van der Waals surface area contributed by atoms with E-state index in [-0.39, 0.29) is 11.8 Å². The lowest BCUT2D eigenvalue weighted by atomic mass is 10.1. The third kappa shape index (κ3) is 2.62. The van der Waals surface area contributed by atoms with Gasteiger partial charge in [-0.1, -0.05) is 6.92 Å². The molecule has 0 aliphatic heterocycles. The lowest BCUT2D eigenvalue weighted by Crippen LogP contribution is -2.22. The Labute approximate surface area is 107 Å². The highest BCUT2D eigenvalue weighted by atomic mass is 16.5. The van der Waals surface area contributed by atoms with Gasteiger partial charge < -0.3 is 10.1 Å². The molecule has 1 N–H and O–H groups in total. The van der Waals surface area contributed by atoms with Crippen LogP contribution in [0.2, 0.25) is 0 Å². The van der Waals surface area contributed by atoms with Crippen LogP contribution in [0.5, 0.6) is 5.75 Å². The van der Waals surface area contributed by atoms with Gasteiger partial charge in [0, 0.05) is 12.0 Å². The molecule has 94 valence electrons. The summed E-state index contributed by atoms with van der Waals surface area (Å²) in [6, 6.07) is 7.03. The summed E-state index contributed by atoms with van der Waals surface area (Å²) in [7, 11) is 1.52. The van der Waals surface area contributed by atoms with Crippen molar-refractivity contribution >= 4 is 11.6 Å². The van der Waals surface area contributed by atoms with Gasteiger partial charge in [-0.25, -0.2) is 0 Å². The minimum atomic E-state index is 0.0144. The van der Waals surface area contributed by atoms with Crippen LogP contribution in [0.4, 0.5) is 5.69 Å². The zero-order chi connectivity index (χ0) is 13.1. The van der Waals surface area contributed by atoms with E-state index in [0.29, 0.717) is 22.9 Å². The summed E-state index contributed by atoms with van der Waals surface area (Å²) in [5, 5.41) is 11.7. The highest BCUT2D eigenvalue weighted by Crippen LogP contribution is 2.37. The van der Waals surface area contributed by atoms with Gasteiger partial charge in [-0.3, -0.25) is 4.79 Å². The van der Waals surface area contributed by atoms with Crippen LogP contribution in [0.3, 0.4) is 0 Å². The second-order valence-electron chi connectivity index (χ2n) is 4.64. The molecule has 0 bridgehead atoms. The van der Waals surface area contributed by atoms with Crippen molar-refractivity contribution in [1.82, 2.24) is 0 Å². The molecule has 1 fully saturated rings. The first-order valence-electron chi connectivity index (χ1n) is 6.04. The first-order valence-corrected chi connectivity index (χ1v) is 6.04. The number of nitrogens with zero attached hydrogens (tertiary/aromatic N) is 1. The fourth-order valence-corrected chi connectivity index (χ4v) is 1.92. The van der Waals surface area contributed by atoms with Gasteiger partial charge in [-0.05, 0) is 30.9 Å². The molecule has 1 aromatic carbocycles. The third-order valence-electron chi connectivity index (χ3n) is 3.33. The summed E-state index contributed by atoms with van der Waals surface area (Å²) in [4.78, 5) is 12.0. The molecule has 1 saturated carbocycles. The number of nitriles is 1. The molecule has 0 saturated heterocycles. The van der Waals surface area contributed by atoms with E-state index in [0.717, 1.165) is 12.8 Å². The van der Waals surface area contributed by atoms with Crippen molar-refractivity contribution in [3.8, 4) is 11.8 Å². The van der Waals surface area contributed by atoms with Gasteiger partial charge in [-0.2, -0.15) is 5.26 Å². The largest absolute Gasteiger partial charge is 0.495 e. The molecule has 1 amide bonds. The Hall–Kier alpha value is -2.02. The van der Waals surface area contributed by atoms with E-state index < -0.39 is 0 Å². The molecule has 18 heavy (non-hydrogen) atoms. The quantitative estimate of drug-likeness (QED) is 0.885. The fourth-order valence-electron chi connectivity index (χ4n) is 1.92. The Morgan fingerprint density at radius 3 is 2.83 bits per heavy atom. The molecule has 0 spiro atoms. The molecule has 1 atom stereocenters. The van der Waals surface area contributed by atoms with E-state index in [9.17, 15) is 4.79 Å². The Morgan fingerprint density at radius 1 is 1.56 bits per heavy atom. The number of ether oxygens (including phenoxy) is 1. The van der Waals surface area contributed by atoms with Crippen molar-refractivity contribution in [1.29, 1.82) is 5.26 Å². The Balaban J connectivity index is 2.13. The van der Waals surface area contributed by atoms with Crippen LogP contribution in [0.1, 0.15) is 25.3 Å². The Morgan fingerprint density at radius 2 is 2.28 bits per heavy atom. The maximum Gasteiger partial charge on any atom is 0.227 e. The number of anilines is 1. The third-order valence-corrected chi connectivity index (χ3v) is 3.33. The van der Waals surface area contributed by atoms with E-state index in [2.05, 4.69) is 5.32 Å². The standard InChI is InChI=1S/C14H16N2O2/c1-9(11-4-5-11)14(17)16-12-6-3-10(8-15)7-13(12)18-2/h3,6-7,9,11H,4-5H2,1-2H3,(H,16,17). The molecule has 1 aliphatic carbocycles. The molecular weight excluding hydrogens is 228 g/mol. The van der Waals surface area contributed by atoms with Crippen molar-refractivity contribution in [2.24, 2.45) is 11.8 Å². The maximum absolute atomic E-state index is 12.0. The molecule has 1 aliphatic rings. The lowest BCUT2D eigenvalue weighted by molar-refractivity contribution is -0.119. The van der Waals surface area contributed by atoms with Crippen molar-refractivity contribution in [2.75, 3.05) is 12.4 Å². The van der Waals surface area contributed by atoms with Crippen LogP contribution in [-0.4, -0.2) is 13.0 Å². The van der Waals surface area contributed by atoms with Gasteiger partial charge in [0.15, 0.2) is 0 Å². The van der Waals surface area contributed by atoms with Gasteiger partial charge in [0.05, 0.1) is 24.4 Å². The number of methoxy groups -OCH3 is 1. The molecule has 2 rings (SSSR count). The Bertz CT molecular complexity index is 501. The van der Waals surface area contributed by atoms with Gasteiger partial charge in [0.25, 0.3) is 0 Å². The molecule has 4 nitrogen and oxygen atoms in total. The highest BCUT2D eigenvalue weighted by molar-refractivity contribution is 5.94. The predicted octanol–water partition coefficient (Wildman–Crippen LogP) is 2.55. The normalized spacial score (nSPS) is 15.6. The number of carbonyl (C=O) groups excluding carboxylic acids is 1. The number of nitrogens with one attached hydrogen (secondary N) is 1. The van der Waals surface area contributed by atoms with E-state index in [4.69, 9.17) is 10.00 Å². The van der Waals surface area contributed by atoms with Crippen LogP contribution >= 0.6 is 0 Å². The van der Waals surface area contributed by atoms with E-state index >= 15 is 0 Å². The lowest BCUT2D eigenvalue weighted by Gasteiger charge is -2.13. The SMILES string of the molecule is COc1cc(C#N)ccc1NC(=O)C(C)C1CC1. The Kier molecular flexibility index (Phi) is 3.52. The van der Waals surface area contributed by atoms with E-state index in [1.54, 1.807) is 18.2 Å². The van der Waals surface area contributed by atoms with Crippen LogP contribution in [0, 0.1) is 23.2 Å². The zero-order valence-corrected chi connectivity index (χ0v) is 10.6. The number of hydrogen-bond donors (Lipinski definition) is 1. The average Bonchev–Trinajstić information content (AvgIpc) is 3.22. The van der Waals surface area contributed by atoms with Gasteiger partial charge in [-0.15, -0.1) is 0 Å². The summed E-state index contributed by atoms with van der Waals surface area (Å²) in [5.41, 5.74) is 1.13. The maximum atomic E-state index is 12.0. The number of carbonyl (C=O) groups is 1. The molecule has 4 heteroatoms. The summed E-state index contributed by atoms with van der Waals surface area (Å²) >= 11 is 0. The van der Waals surface area contributed by atoms with Gasteiger partial charge in [0.1, 0.15) is 5.75 Å². The summed E-state index contributed by atoms with van der Waals surface area (Å²) in [6.07, 6.45) is 2.28. The van der Waals surface area contributed by atoms with E-state index in [1.807, 2.05) is 13.0 Å². The van der Waals surface area contributed by atoms with Crippen LogP contribution in [-0.2, 0) is 4.79 Å². The minimum absolute atomic E-state index is 0.0144. The van der Waals surface area contributed by atoms with Crippen molar-refractivity contribution < 1.29 is 9.53 Å². The second-order valence-corrected chi connectivity index (χ2v) is 4.64. The highest BCUT2D eigenvalue weighted by Gasteiger charge is 2.32. The van der Waals surface area contributed by atoms with Crippen LogP contribution in [0.15, 0.2) is 18.2 Å². The van der Waals surface area contributed by atoms with Gasteiger partial charge in [0.2, 0.25) is 5.91 Å². The summed E-state index contributed by atoms with van der Waals surface area (Å²) < 4.78 is 5.18. The van der Waals surface area contributed by atoms with Crippen LogP contribution < -0.4 is 10.1 Å². The van der Waals surface area contributed by atoms with Crippen molar-refractivity contribution in [2.45, 2.75) is 19.8 Å². The summed E-state index contributed by atoms with van der Waals surface area (Å²) in [6.45, 7) is 1.95. The first-order chi connectivity index (χ1) is 8.65. The smallest absolute Gasteiger partial charge is 0.227 e. The van der Waals surface area contributed by atoms with Crippen LogP contribution in [0.25, 0.3) is 0 Å².